The molecule has 0 aliphatic rings. The summed E-state index contributed by atoms with van der Waals surface area (Å²) in [6, 6.07) is 0. The minimum absolute atomic E-state index is 0.0389. The molecule has 10 heavy (non-hydrogen) atoms. The average molecular weight is 171 g/mol. The zero-order valence-corrected chi connectivity index (χ0v) is 6.23. The van der Waals surface area contributed by atoms with Crippen LogP contribution < -0.4 is 5.14 Å². The summed E-state index contributed by atoms with van der Waals surface area (Å²) in [5, 5.41) is 4.62. The highest BCUT2D eigenvalue weighted by Crippen LogP contribution is 1.80. The van der Waals surface area contributed by atoms with E-state index in [1.54, 1.807) is 0 Å². The fourth-order valence-electron chi connectivity index (χ4n) is 0.332. The first-order chi connectivity index (χ1) is 4.56. The molecule has 4 nitrogen and oxygen atoms in total. The van der Waals surface area contributed by atoms with Gasteiger partial charge in [-0.25, -0.2) is 17.9 Å². The summed E-state index contributed by atoms with van der Waals surface area (Å²) in [5.41, 5.74) is 0. The lowest BCUT2D eigenvalue weighted by Crippen LogP contribution is -2.20. The number of rotatable bonds is 5. The molecule has 0 fully saturated rings. The zero-order valence-electron chi connectivity index (χ0n) is 5.42. The van der Waals surface area contributed by atoms with Gasteiger partial charge in [0.25, 0.3) is 0 Å². The summed E-state index contributed by atoms with van der Waals surface area (Å²) in [7, 11) is -3.45. The number of alkyl halides is 1. The first kappa shape index (κ1) is 9.80. The summed E-state index contributed by atoms with van der Waals surface area (Å²) in [6.07, 6.45) is 0. The van der Waals surface area contributed by atoms with Gasteiger partial charge in [0.1, 0.15) is 6.67 Å². The summed E-state index contributed by atoms with van der Waals surface area (Å²) in [4.78, 5) is 0. The highest BCUT2D eigenvalue weighted by atomic mass is 32.2. The molecule has 0 bridgehead atoms. The van der Waals surface area contributed by atoms with E-state index in [0.29, 0.717) is 0 Å². The van der Waals surface area contributed by atoms with Gasteiger partial charge in [-0.15, -0.1) is 0 Å². The van der Waals surface area contributed by atoms with Crippen LogP contribution in [0.5, 0.6) is 0 Å². The van der Waals surface area contributed by atoms with E-state index in [4.69, 9.17) is 0 Å². The summed E-state index contributed by atoms with van der Waals surface area (Å²) < 4.78 is 36.2. The Labute approximate surface area is 59.2 Å². The molecule has 0 saturated heterocycles. The van der Waals surface area contributed by atoms with Crippen LogP contribution in [-0.4, -0.2) is 34.1 Å². The first-order valence-corrected chi connectivity index (χ1v) is 4.42. The molecule has 0 aromatic heterocycles. The lowest BCUT2D eigenvalue weighted by atomic mass is 10.8. The van der Waals surface area contributed by atoms with E-state index >= 15 is 0 Å². The van der Waals surface area contributed by atoms with Crippen LogP contribution in [0.1, 0.15) is 0 Å². The molecule has 0 aliphatic heterocycles. The third-order valence-electron chi connectivity index (χ3n) is 0.734. The Morgan fingerprint density at radius 2 is 2.00 bits per heavy atom. The second-order valence-corrected chi connectivity index (χ2v) is 3.40. The average Bonchev–Trinajstić information content (AvgIpc) is 1.78. The molecule has 2 N–H and O–H groups in total. The maximum Gasteiger partial charge on any atom is 0.211 e. The first-order valence-electron chi connectivity index (χ1n) is 2.70. The third-order valence-corrected chi connectivity index (χ3v) is 1.47. The maximum atomic E-state index is 11.3. The summed E-state index contributed by atoms with van der Waals surface area (Å²) >= 11 is 0. The van der Waals surface area contributed by atoms with Gasteiger partial charge in [-0.05, 0) is 0 Å². The Hall–Kier alpha value is -0.200. The fourth-order valence-corrected chi connectivity index (χ4v) is 0.682. The molecule has 0 unspecified atom stereocenters. The van der Waals surface area contributed by atoms with Crippen molar-refractivity contribution in [3.63, 3.8) is 0 Å². The Bertz CT molecular complexity index is 167. The molecule has 0 spiro atoms. The van der Waals surface area contributed by atoms with Crippen LogP contribution in [0.3, 0.4) is 0 Å². The normalized spacial score (nSPS) is 11.8. The van der Waals surface area contributed by atoms with E-state index in [2.05, 4.69) is 9.88 Å². The van der Waals surface area contributed by atoms with Gasteiger partial charge in [0.05, 0.1) is 19.0 Å². The number of primary sulfonamides is 1. The van der Waals surface area contributed by atoms with E-state index in [1.807, 2.05) is 0 Å². The zero-order chi connectivity index (χ0) is 8.04. The molecular formula is C4H10FNO3S. The molecule has 0 saturated carbocycles. The number of ether oxygens (including phenoxy) is 1. The predicted molar refractivity (Wildman–Crippen MR) is 34.8 cm³/mol. The second kappa shape index (κ2) is 4.59. The minimum Gasteiger partial charge on any atom is -0.378 e. The van der Waals surface area contributed by atoms with Crippen molar-refractivity contribution in [3.05, 3.63) is 0 Å². The van der Waals surface area contributed by atoms with Gasteiger partial charge in [-0.3, -0.25) is 0 Å². The van der Waals surface area contributed by atoms with E-state index in [1.165, 1.54) is 0 Å². The highest BCUT2D eigenvalue weighted by Gasteiger charge is 2.00. The molecule has 0 aromatic carbocycles. The van der Waals surface area contributed by atoms with Crippen molar-refractivity contribution < 1.29 is 17.5 Å². The minimum atomic E-state index is -3.45. The fraction of sp³-hybridized carbons (Fsp3) is 1.00. The van der Waals surface area contributed by atoms with Crippen LogP contribution in [0, 0.1) is 0 Å². The topological polar surface area (TPSA) is 69.4 Å². The Kier molecular flexibility index (Phi) is 4.50. The number of nitrogens with two attached hydrogens (primary N) is 1. The molecule has 6 heteroatoms. The molecule has 0 amide bonds. The van der Waals surface area contributed by atoms with E-state index in [0.717, 1.165) is 0 Å². The SMILES string of the molecule is NS(=O)(=O)CCOCCF. The number of hydrogen-bond acceptors (Lipinski definition) is 3. The van der Waals surface area contributed by atoms with Crippen LogP contribution >= 0.6 is 0 Å². The smallest absolute Gasteiger partial charge is 0.211 e. The predicted octanol–water partition coefficient (Wildman–Crippen LogP) is -0.739. The molecule has 0 radical (unpaired) electrons. The largest absolute Gasteiger partial charge is 0.378 e. The molecule has 62 valence electrons. The van der Waals surface area contributed by atoms with Crippen LogP contribution in [0.25, 0.3) is 0 Å². The monoisotopic (exact) mass is 171 g/mol. The van der Waals surface area contributed by atoms with Gasteiger partial charge in [-0.2, -0.15) is 0 Å². The van der Waals surface area contributed by atoms with Crippen molar-refractivity contribution in [3.8, 4) is 0 Å². The Morgan fingerprint density at radius 1 is 1.40 bits per heavy atom. The lowest BCUT2D eigenvalue weighted by molar-refractivity contribution is 0.132. The van der Waals surface area contributed by atoms with E-state index in [9.17, 15) is 12.8 Å². The van der Waals surface area contributed by atoms with Crippen LogP contribution in [-0.2, 0) is 14.8 Å². The lowest BCUT2D eigenvalue weighted by Gasteiger charge is -1.98. The maximum absolute atomic E-state index is 11.3. The summed E-state index contributed by atoms with van der Waals surface area (Å²) in [5.74, 6) is -0.257. The Morgan fingerprint density at radius 3 is 2.40 bits per heavy atom. The van der Waals surface area contributed by atoms with Crippen molar-refractivity contribution in [1.82, 2.24) is 0 Å². The molecule has 0 rings (SSSR count). The van der Waals surface area contributed by atoms with Crippen molar-refractivity contribution in [2.45, 2.75) is 0 Å². The van der Waals surface area contributed by atoms with Crippen LogP contribution in [0.15, 0.2) is 0 Å². The molecular weight excluding hydrogens is 161 g/mol. The van der Waals surface area contributed by atoms with Gasteiger partial charge in [-0.1, -0.05) is 0 Å². The van der Waals surface area contributed by atoms with Gasteiger partial charge >= 0.3 is 0 Å². The molecule has 0 heterocycles. The number of halogens is 1. The van der Waals surface area contributed by atoms with Gasteiger partial charge in [0.15, 0.2) is 0 Å². The Balaban J connectivity index is 3.21. The molecule has 0 atom stereocenters. The van der Waals surface area contributed by atoms with Gasteiger partial charge in [0, 0.05) is 0 Å². The second-order valence-electron chi connectivity index (χ2n) is 1.67. The number of hydrogen-bond donors (Lipinski definition) is 1. The van der Waals surface area contributed by atoms with Crippen LogP contribution in [0.2, 0.25) is 0 Å². The molecule has 0 aromatic rings. The third kappa shape index (κ3) is 7.80. The van der Waals surface area contributed by atoms with Gasteiger partial charge < -0.3 is 4.74 Å². The van der Waals surface area contributed by atoms with Crippen LogP contribution in [0.4, 0.5) is 4.39 Å². The highest BCUT2D eigenvalue weighted by molar-refractivity contribution is 7.89. The van der Waals surface area contributed by atoms with E-state index in [-0.39, 0.29) is 19.0 Å². The van der Waals surface area contributed by atoms with Crippen molar-refractivity contribution >= 4 is 10.0 Å². The number of sulfonamides is 1. The van der Waals surface area contributed by atoms with Crippen molar-refractivity contribution in [2.24, 2.45) is 5.14 Å². The van der Waals surface area contributed by atoms with Crippen molar-refractivity contribution in [2.75, 3.05) is 25.6 Å². The standard InChI is InChI=1S/C4H10FNO3S/c5-1-2-9-3-4-10(6,7)8/h1-4H2,(H2,6,7,8). The summed E-state index contributed by atoms with van der Waals surface area (Å²) in [6.45, 7) is -0.719. The van der Waals surface area contributed by atoms with Gasteiger partial charge in [0.2, 0.25) is 10.0 Å². The van der Waals surface area contributed by atoms with Crippen molar-refractivity contribution in [1.29, 1.82) is 0 Å². The van der Waals surface area contributed by atoms with E-state index < -0.39 is 16.7 Å². The quantitative estimate of drug-likeness (QED) is 0.554. The molecule has 0 aliphatic carbocycles.